The maximum Gasteiger partial charge on any atom is 0.132 e. The monoisotopic (exact) mass is 338 g/mol. The molecule has 4 heteroatoms. The van der Waals surface area contributed by atoms with Crippen molar-refractivity contribution in [1.29, 1.82) is 0 Å². The molecule has 100 valence electrons. The Bertz CT molecular complexity index is 570. The third-order valence-corrected chi connectivity index (χ3v) is 4.45. The second-order valence-electron chi connectivity index (χ2n) is 4.11. The Morgan fingerprint density at radius 2 is 1.95 bits per heavy atom. The number of aliphatic hydroxyl groups excluding tert-OH is 1. The Hall–Kier alpha value is -0.970. The average molecular weight is 339 g/mol. The van der Waals surface area contributed by atoms with Gasteiger partial charge in [0.2, 0.25) is 0 Å². The first-order valence-corrected chi connectivity index (χ1v) is 7.51. The summed E-state index contributed by atoms with van der Waals surface area (Å²) in [6, 6.07) is 13.9. The molecule has 2 nitrogen and oxygen atoms in total. The fourth-order valence-electron chi connectivity index (χ4n) is 1.74. The molecule has 0 amide bonds. The SMILES string of the molecule is COc1ccccc1Sc1ccc([C@H](C)O)c(Br)c1. The van der Waals surface area contributed by atoms with Crippen LogP contribution in [-0.4, -0.2) is 12.2 Å². The molecule has 0 spiro atoms. The molecular formula is C15H15BrO2S. The van der Waals surface area contributed by atoms with Crippen molar-refractivity contribution in [2.75, 3.05) is 7.11 Å². The molecule has 0 aliphatic heterocycles. The lowest BCUT2D eigenvalue weighted by Gasteiger charge is -2.11. The van der Waals surface area contributed by atoms with Crippen LogP contribution in [0.3, 0.4) is 0 Å². The van der Waals surface area contributed by atoms with Gasteiger partial charge in [0.05, 0.1) is 18.1 Å². The molecule has 1 atom stereocenters. The minimum atomic E-state index is -0.473. The van der Waals surface area contributed by atoms with Crippen LogP contribution in [-0.2, 0) is 0 Å². The van der Waals surface area contributed by atoms with Crippen LogP contribution in [0.5, 0.6) is 5.75 Å². The molecule has 0 bridgehead atoms. The Kier molecular flexibility index (Phi) is 4.91. The first-order valence-electron chi connectivity index (χ1n) is 5.90. The van der Waals surface area contributed by atoms with E-state index in [1.165, 1.54) is 0 Å². The quantitative estimate of drug-likeness (QED) is 0.878. The van der Waals surface area contributed by atoms with Crippen LogP contribution in [0.25, 0.3) is 0 Å². The third kappa shape index (κ3) is 3.53. The van der Waals surface area contributed by atoms with Gasteiger partial charge in [-0.25, -0.2) is 0 Å². The van der Waals surface area contributed by atoms with Crippen LogP contribution in [0.15, 0.2) is 56.7 Å². The van der Waals surface area contributed by atoms with E-state index in [-0.39, 0.29) is 0 Å². The number of hydrogen-bond acceptors (Lipinski definition) is 3. The van der Waals surface area contributed by atoms with Gasteiger partial charge in [0.15, 0.2) is 0 Å². The lowest BCUT2D eigenvalue weighted by atomic mass is 10.1. The van der Waals surface area contributed by atoms with E-state index in [9.17, 15) is 5.11 Å². The van der Waals surface area contributed by atoms with Crippen molar-refractivity contribution >= 4 is 27.7 Å². The zero-order chi connectivity index (χ0) is 13.8. The van der Waals surface area contributed by atoms with Gasteiger partial charge in [0.25, 0.3) is 0 Å². The minimum absolute atomic E-state index is 0.473. The highest BCUT2D eigenvalue weighted by Gasteiger charge is 2.09. The largest absolute Gasteiger partial charge is 0.496 e. The third-order valence-electron chi connectivity index (χ3n) is 2.72. The summed E-state index contributed by atoms with van der Waals surface area (Å²) >= 11 is 5.13. The van der Waals surface area contributed by atoms with Crippen molar-refractivity contribution in [1.82, 2.24) is 0 Å². The second-order valence-corrected chi connectivity index (χ2v) is 6.08. The number of benzene rings is 2. The van der Waals surface area contributed by atoms with Crippen LogP contribution in [0.1, 0.15) is 18.6 Å². The lowest BCUT2D eigenvalue weighted by Crippen LogP contribution is -1.92. The van der Waals surface area contributed by atoms with Crippen molar-refractivity contribution < 1.29 is 9.84 Å². The molecule has 0 aliphatic carbocycles. The van der Waals surface area contributed by atoms with Gasteiger partial charge in [-0.2, -0.15) is 0 Å². The summed E-state index contributed by atoms with van der Waals surface area (Å²) in [4.78, 5) is 2.17. The summed E-state index contributed by atoms with van der Waals surface area (Å²) in [7, 11) is 1.67. The topological polar surface area (TPSA) is 29.5 Å². The van der Waals surface area contributed by atoms with Gasteiger partial charge in [-0.1, -0.05) is 45.9 Å². The van der Waals surface area contributed by atoms with E-state index in [2.05, 4.69) is 15.9 Å². The molecule has 1 N–H and O–H groups in total. The minimum Gasteiger partial charge on any atom is -0.496 e. The molecule has 0 fully saturated rings. The Morgan fingerprint density at radius 3 is 2.58 bits per heavy atom. The molecule has 0 aromatic heterocycles. The number of hydrogen-bond donors (Lipinski definition) is 1. The van der Waals surface area contributed by atoms with Crippen molar-refractivity contribution in [3.05, 3.63) is 52.5 Å². The molecule has 0 radical (unpaired) electrons. The maximum absolute atomic E-state index is 9.61. The summed E-state index contributed by atoms with van der Waals surface area (Å²) < 4.78 is 6.26. The average Bonchev–Trinajstić information content (AvgIpc) is 2.39. The zero-order valence-corrected chi connectivity index (χ0v) is 13.2. The zero-order valence-electron chi connectivity index (χ0n) is 10.8. The molecule has 2 rings (SSSR count). The molecule has 0 heterocycles. The number of para-hydroxylation sites is 1. The summed E-state index contributed by atoms with van der Waals surface area (Å²) in [5.41, 5.74) is 0.893. The standard InChI is InChI=1S/C15H15BrO2S/c1-10(17)12-8-7-11(9-13(12)16)19-15-6-4-3-5-14(15)18-2/h3-10,17H,1-2H3/t10-/m0/s1. The predicted molar refractivity (Wildman–Crippen MR) is 81.9 cm³/mol. The van der Waals surface area contributed by atoms with Crippen molar-refractivity contribution in [2.24, 2.45) is 0 Å². The van der Waals surface area contributed by atoms with Gasteiger partial charge < -0.3 is 9.84 Å². The molecule has 2 aromatic carbocycles. The van der Waals surface area contributed by atoms with E-state index in [1.54, 1.807) is 25.8 Å². The second kappa shape index (κ2) is 6.46. The van der Waals surface area contributed by atoms with Crippen LogP contribution in [0.2, 0.25) is 0 Å². The van der Waals surface area contributed by atoms with Gasteiger partial charge in [-0.15, -0.1) is 0 Å². The summed E-state index contributed by atoms with van der Waals surface area (Å²) in [5.74, 6) is 0.864. The van der Waals surface area contributed by atoms with Crippen molar-refractivity contribution in [2.45, 2.75) is 22.8 Å². The highest BCUT2D eigenvalue weighted by atomic mass is 79.9. The van der Waals surface area contributed by atoms with Crippen LogP contribution >= 0.6 is 27.7 Å². The fourth-order valence-corrected chi connectivity index (χ4v) is 3.57. The van der Waals surface area contributed by atoms with Gasteiger partial charge in [0.1, 0.15) is 5.75 Å². The van der Waals surface area contributed by atoms with Crippen LogP contribution in [0, 0.1) is 0 Å². The fraction of sp³-hybridized carbons (Fsp3) is 0.200. The predicted octanol–water partition coefficient (Wildman–Crippen LogP) is 4.66. The van der Waals surface area contributed by atoms with Gasteiger partial charge >= 0.3 is 0 Å². The number of methoxy groups -OCH3 is 1. The van der Waals surface area contributed by atoms with E-state index in [4.69, 9.17) is 4.74 Å². The molecular weight excluding hydrogens is 324 g/mol. The molecule has 0 saturated carbocycles. The highest BCUT2D eigenvalue weighted by Crippen LogP contribution is 2.37. The molecule has 0 aliphatic rings. The first kappa shape index (κ1) is 14.4. The smallest absolute Gasteiger partial charge is 0.132 e. The Labute approximate surface area is 125 Å². The normalized spacial score (nSPS) is 12.2. The van der Waals surface area contributed by atoms with Gasteiger partial charge in [-0.3, -0.25) is 0 Å². The highest BCUT2D eigenvalue weighted by molar-refractivity contribution is 9.10. The van der Waals surface area contributed by atoms with E-state index < -0.39 is 6.10 Å². The van der Waals surface area contributed by atoms with E-state index in [0.29, 0.717) is 0 Å². The first-order chi connectivity index (χ1) is 9.11. The summed E-state index contributed by atoms with van der Waals surface area (Å²) in [5, 5.41) is 9.61. The lowest BCUT2D eigenvalue weighted by molar-refractivity contribution is 0.198. The molecule has 0 unspecified atom stereocenters. The maximum atomic E-state index is 9.61. The summed E-state index contributed by atoms with van der Waals surface area (Å²) in [6.45, 7) is 1.76. The van der Waals surface area contributed by atoms with Crippen molar-refractivity contribution in [3.63, 3.8) is 0 Å². The van der Waals surface area contributed by atoms with Crippen LogP contribution < -0.4 is 4.74 Å². The Morgan fingerprint density at radius 1 is 1.21 bits per heavy atom. The number of rotatable bonds is 4. The Balaban J connectivity index is 2.26. The van der Waals surface area contributed by atoms with Gasteiger partial charge in [0, 0.05) is 9.37 Å². The van der Waals surface area contributed by atoms with E-state index >= 15 is 0 Å². The molecule has 0 saturated heterocycles. The molecule has 2 aromatic rings. The number of aliphatic hydroxyl groups is 1. The van der Waals surface area contributed by atoms with E-state index in [0.717, 1.165) is 25.6 Å². The van der Waals surface area contributed by atoms with Crippen LogP contribution in [0.4, 0.5) is 0 Å². The summed E-state index contributed by atoms with van der Waals surface area (Å²) in [6.07, 6.45) is -0.473. The number of ether oxygens (including phenoxy) is 1. The molecule has 19 heavy (non-hydrogen) atoms. The van der Waals surface area contributed by atoms with E-state index in [1.807, 2.05) is 42.5 Å². The van der Waals surface area contributed by atoms with Crippen molar-refractivity contribution in [3.8, 4) is 5.75 Å². The van der Waals surface area contributed by atoms with Gasteiger partial charge in [-0.05, 0) is 36.8 Å². The number of halogens is 1.